The summed E-state index contributed by atoms with van der Waals surface area (Å²) in [4.78, 5) is 5.71. The van der Waals surface area contributed by atoms with Crippen molar-refractivity contribution in [2.24, 2.45) is 0 Å². The highest BCUT2D eigenvalue weighted by Gasteiger charge is 2.14. The fourth-order valence-corrected chi connectivity index (χ4v) is 3.49. The van der Waals surface area contributed by atoms with E-state index in [1.165, 1.54) is 15.8 Å². The third-order valence-corrected chi connectivity index (χ3v) is 4.71. The molecule has 1 N–H and O–H groups in total. The largest absolute Gasteiger partial charge is 0.496 e. The zero-order chi connectivity index (χ0) is 14.7. The molecule has 2 aromatic heterocycles. The summed E-state index contributed by atoms with van der Waals surface area (Å²) in [6.07, 6.45) is 2.82. The summed E-state index contributed by atoms with van der Waals surface area (Å²) in [6.45, 7) is 0. The molecule has 0 bridgehead atoms. The van der Waals surface area contributed by atoms with Crippen LogP contribution in [-0.4, -0.2) is 19.1 Å². The minimum absolute atomic E-state index is 0.282. The van der Waals surface area contributed by atoms with Crippen molar-refractivity contribution in [2.75, 3.05) is 14.2 Å². The number of nitrogens with one attached hydrogen (secondary N) is 1. The molecule has 0 fully saturated rings. The minimum Gasteiger partial charge on any atom is -0.496 e. The number of thiophene rings is 1. The van der Waals surface area contributed by atoms with Crippen LogP contribution < -0.4 is 10.1 Å². The monoisotopic (exact) mass is 298 g/mol. The molecule has 0 spiro atoms. The van der Waals surface area contributed by atoms with Crippen molar-refractivity contribution in [2.45, 2.75) is 12.5 Å². The fourth-order valence-electron chi connectivity index (χ4n) is 2.52. The van der Waals surface area contributed by atoms with Gasteiger partial charge in [0.05, 0.1) is 12.6 Å². The van der Waals surface area contributed by atoms with Crippen LogP contribution in [0.1, 0.15) is 16.5 Å². The molecule has 0 saturated carbocycles. The average molecular weight is 298 g/mol. The molecule has 108 valence electrons. The first-order valence-corrected chi connectivity index (χ1v) is 7.82. The van der Waals surface area contributed by atoms with Crippen molar-refractivity contribution >= 4 is 22.2 Å². The SMILES string of the molecule is CNC(Cc1ccnc2ccccc12)c1cc(OC)cs1. The van der Waals surface area contributed by atoms with E-state index in [0.717, 1.165) is 17.7 Å². The van der Waals surface area contributed by atoms with Crippen molar-refractivity contribution in [1.82, 2.24) is 10.3 Å². The predicted octanol–water partition coefficient (Wildman–Crippen LogP) is 3.81. The second-order valence-electron chi connectivity index (χ2n) is 4.92. The summed E-state index contributed by atoms with van der Waals surface area (Å²) in [5.74, 6) is 0.926. The molecule has 1 unspecified atom stereocenters. The number of hydrogen-bond acceptors (Lipinski definition) is 4. The molecule has 0 aliphatic rings. The highest BCUT2D eigenvalue weighted by atomic mass is 32.1. The molecule has 0 aliphatic carbocycles. The molecule has 4 heteroatoms. The summed E-state index contributed by atoms with van der Waals surface area (Å²) >= 11 is 1.73. The molecular formula is C17H18N2OS. The van der Waals surface area contributed by atoms with E-state index in [0.29, 0.717) is 0 Å². The van der Waals surface area contributed by atoms with E-state index in [-0.39, 0.29) is 6.04 Å². The molecule has 3 rings (SSSR count). The standard InChI is InChI=1S/C17H18N2OS/c1-18-16(17-10-13(20-2)11-21-17)9-12-7-8-19-15-6-4-3-5-14(12)15/h3-8,10-11,16,18H,9H2,1-2H3. The lowest BCUT2D eigenvalue weighted by molar-refractivity contribution is 0.416. The van der Waals surface area contributed by atoms with Crippen LogP contribution in [0.5, 0.6) is 5.75 Å². The van der Waals surface area contributed by atoms with Crippen molar-refractivity contribution in [1.29, 1.82) is 0 Å². The molecule has 0 radical (unpaired) electrons. The van der Waals surface area contributed by atoms with E-state index in [1.807, 2.05) is 24.7 Å². The summed E-state index contributed by atoms with van der Waals surface area (Å²) in [6, 6.07) is 12.8. The van der Waals surface area contributed by atoms with Gasteiger partial charge < -0.3 is 10.1 Å². The van der Waals surface area contributed by atoms with Gasteiger partial charge in [-0.25, -0.2) is 0 Å². The third kappa shape index (κ3) is 2.91. The van der Waals surface area contributed by atoms with Gasteiger partial charge in [0.15, 0.2) is 0 Å². The van der Waals surface area contributed by atoms with Crippen molar-refractivity contribution < 1.29 is 4.74 Å². The van der Waals surface area contributed by atoms with Crippen LogP contribution in [0.2, 0.25) is 0 Å². The van der Waals surface area contributed by atoms with Gasteiger partial charge in [0.2, 0.25) is 0 Å². The van der Waals surface area contributed by atoms with E-state index in [9.17, 15) is 0 Å². The first kappa shape index (κ1) is 14.0. The average Bonchev–Trinajstić information content (AvgIpc) is 3.01. The maximum Gasteiger partial charge on any atom is 0.129 e. The predicted molar refractivity (Wildman–Crippen MR) is 88.1 cm³/mol. The summed E-state index contributed by atoms with van der Waals surface area (Å²) in [7, 11) is 3.71. The Morgan fingerprint density at radius 2 is 2.14 bits per heavy atom. The first-order valence-electron chi connectivity index (χ1n) is 6.94. The van der Waals surface area contributed by atoms with Crippen molar-refractivity contribution in [3.05, 3.63) is 58.4 Å². The van der Waals surface area contributed by atoms with Gasteiger partial charge in [-0.1, -0.05) is 18.2 Å². The van der Waals surface area contributed by atoms with Crippen LogP contribution in [0.4, 0.5) is 0 Å². The van der Waals surface area contributed by atoms with Gasteiger partial charge in [-0.05, 0) is 37.2 Å². The quantitative estimate of drug-likeness (QED) is 0.778. The van der Waals surface area contributed by atoms with E-state index in [2.05, 4.69) is 40.6 Å². The Morgan fingerprint density at radius 1 is 1.29 bits per heavy atom. The Labute approximate surface area is 128 Å². The van der Waals surface area contributed by atoms with Crippen molar-refractivity contribution in [3.63, 3.8) is 0 Å². The van der Waals surface area contributed by atoms with E-state index in [4.69, 9.17) is 4.74 Å². The van der Waals surface area contributed by atoms with Gasteiger partial charge in [-0.15, -0.1) is 11.3 Å². The highest BCUT2D eigenvalue weighted by Crippen LogP contribution is 2.30. The molecule has 1 atom stereocenters. The van der Waals surface area contributed by atoms with Gasteiger partial charge in [0, 0.05) is 27.9 Å². The van der Waals surface area contributed by atoms with Crippen LogP contribution in [-0.2, 0) is 6.42 Å². The number of benzene rings is 1. The van der Waals surface area contributed by atoms with E-state index >= 15 is 0 Å². The van der Waals surface area contributed by atoms with Crippen LogP contribution in [0.25, 0.3) is 10.9 Å². The lowest BCUT2D eigenvalue weighted by Crippen LogP contribution is -2.17. The minimum atomic E-state index is 0.282. The molecule has 1 aromatic carbocycles. The van der Waals surface area contributed by atoms with Crippen molar-refractivity contribution in [3.8, 4) is 5.75 Å². The van der Waals surface area contributed by atoms with Crippen LogP contribution >= 0.6 is 11.3 Å². The molecule has 0 amide bonds. The van der Waals surface area contributed by atoms with Gasteiger partial charge in [-0.3, -0.25) is 4.98 Å². The number of aromatic nitrogens is 1. The number of para-hydroxylation sites is 1. The number of ether oxygens (including phenoxy) is 1. The molecular weight excluding hydrogens is 280 g/mol. The zero-order valence-corrected chi connectivity index (χ0v) is 13.0. The van der Waals surface area contributed by atoms with E-state index in [1.54, 1.807) is 18.4 Å². The summed E-state index contributed by atoms with van der Waals surface area (Å²) < 4.78 is 5.28. The number of fused-ring (bicyclic) bond motifs is 1. The molecule has 2 heterocycles. The topological polar surface area (TPSA) is 34.2 Å². The number of likely N-dealkylation sites (N-methyl/N-ethyl adjacent to an activating group) is 1. The maximum absolute atomic E-state index is 5.28. The third-order valence-electron chi connectivity index (χ3n) is 3.69. The highest BCUT2D eigenvalue weighted by molar-refractivity contribution is 7.10. The second kappa shape index (κ2) is 6.24. The Kier molecular flexibility index (Phi) is 4.18. The first-order chi connectivity index (χ1) is 10.3. The Morgan fingerprint density at radius 3 is 2.90 bits per heavy atom. The Bertz CT molecular complexity index is 733. The van der Waals surface area contributed by atoms with Gasteiger partial charge in [0.25, 0.3) is 0 Å². The van der Waals surface area contributed by atoms with E-state index < -0.39 is 0 Å². The molecule has 0 saturated heterocycles. The Balaban J connectivity index is 1.92. The van der Waals surface area contributed by atoms with Crippen LogP contribution in [0.15, 0.2) is 48.0 Å². The van der Waals surface area contributed by atoms with Gasteiger partial charge in [0.1, 0.15) is 5.75 Å². The second-order valence-corrected chi connectivity index (χ2v) is 5.86. The maximum atomic E-state index is 5.28. The number of hydrogen-bond donors (Lipinski definition) is 1. The molecule has 21 heavy (non-hydrogen) atoms. The normalized spacial score (nSPS) is 12.5. The molecule has 0 aliphatic heterocycles. The Hall–Kier alpha value is -1.91. The summed E-state index contributed by atoms with van der Waals surface area (Å²) in [5, 5.41) is 6.68. The number of nitrogens with zero attached hydrogens (tertiary/aromatic N) is 1. The summed E-state index contributed by atoms with van der Waals surface area (Å²) in [5.41, 5.74) is 2.36. The molecule has 3 nitrogen and oxygen atoms in total. The van der Waals surface area contributed by atoms with Gasteiger partial charge >= 0.3 is 0 Å². The van der Waals surface area contributed by atoms with Gasteiger partial charge in [-0.2, -0.15) is 0 Å². The van der Waals surface area contributed by atoms with Crippen LogP contribution in [0, 0.1) is 0 Å². The number of pyridine rings is 1. The lowest BCUT2D eigenvalue weighted by atomic mass is 10.0. The zero-order valence-electron chi connectivity index (χ0n) is 12.2. The number of methoxy groups -OCH3 is 1. The lowest BCUT2D eigenvalue weighted by Gasteiger charge is -2.15. The van der Waals surface area contributed by atoms with Crippen LogP contribution in [0.3, 0.4) is 0 Å². The molecule has 3 aromatic rings. The fraction of sp³-hybridized carbons (Fsp3) is 0.235. The number of rotatable bonds is 5. The smallest absolute Gasteiger partial charge is 0.129 e.